The molecule has 5 heteroatoms. The standard InChI is InChI=1S/C17H10Cl2N2O/c1-9-15(8-22)20-21-16-5-3-11(19)7-14(16)13-6-10(18)2-4-12(13)17(9)21/h2-8H,1H3. The summed E-state index contributed by atoms with van der Waals surface area (Å²) in [5.41, 5.74) is 3.12. The maximum absolute atomic E-state index is 11.3. The summed E-state index contributed by atoms with van der Waals surface area (Å²) >= 11 is 12.3. The molecular formula is C17H10Cl2N2O. The highest BCUT2D eigenvalue weighted by molar-refractivity contribution is 6.33. The Morgan fingerprint density at radius 3 is 2.41 bits per heavy atom. The van der Waals surface area contributed by atoms with E-state index >= 15 is 0 Å². The summed E-state index contributed by atoms with van der Waals surface area (Å²) in [5.74, 6) is 0. The van der Waals surface area contributed by atoms with Crippen molar-refractivity contribution in [3.63, 3.8) is 0 Å². The minimum absolute atomic E-state index is 0.443. The van der Waals surface area contributed by atoms with Crippen LogP contribution in [0.5, 0.6) is 0 Å². The average molecular weight is 329 g/mol. The topological polar surface area (TPSA) is 34.4 Å². The van der Waals surface area contributed by atoms with E-state index in [0.717, 1.165) is 39.0 Å². The van der Waals surface area contributed by atoms with Gasteiger partial charge in [-0.25, -0.2) is 4.52 Å². The fourth-order valence-corrected chi connectivity index (χ4v) is 3.31. The van der Waals surface area contributed by atoms with Gasteiger partial charge in [-0.2, -0.15) is 5.10 Å². The first-order valence-corrected chi connectivity index (χ1v) is 7.51. The van der Waals surface area contributed by atoms with Crippen LogP contribution < -0.4 is 0 Å². The van der Waals surface area contributed by atoms with Crippen molar-refractivity contribution in [3.05, 3.63) is 57.7 Å². The first-order chi connectivity index (χ1) is 10.6. The van der Waals surface area contributed by atoms with Crippen LogP contribution in [0.3, 0.4) is 0 Å². The highest BCUT2D eigenvalue weighted by atomic mass is 35.5. The number of halogens is 2. The lowest BCUT2D eigenvalue weighted by Gasteiger charge is -2.09. The molecule has 4 rings (SSSR count). The van der Waals surface area contributed by atoms with Gasteiger partial charge in [-0.1, -0.05) is 29.3 Å². The van der Waals surface area contributed by atoms with Crippen LogP contribution in [-0.2, 0) is 0 Å². The Kier molecular flexibility index (Phi) is 2.90. The first-order valence-electron chi connectivity index (χ1n) is 6.75. The lowest BCUT2D eigenvalue weighted by molar-refractivity contribution is 0.111. The zero-order valence-corrected chi connectivity index (χ0v) is 13.1. The fourth-order valence-electron chi connectivity index (χ4n) is 2.97. The molecule has 0 aliphatic carbocycles. The third-order valence-corrected chi connectivity index (χ3v) is 4.45. The van der Waals surface area contributed by atoms with E-state index in [-0.39, 0.29) is 0 Å². The van der Waals surface area contributed by atoms with E-state index < -0.39 is 0 Å². The third kappa shape index (κ3) is 1.76. The number of aryl methyl sites for hydroxylation is 1. The minimum Gasteiger partial charge on any atom is -0.296 e. The summed E-state index contributed by atoms with van der Waals surface area (Å²) in [7, 11) is 0. The van der Waals surface area contributed by atoms with Crippen molar-refractivity contribution in [2.24, 2.45) is 0 Å². The van der Waals surface area contributed by atoms with E-state index in [9.17, 15) is 4.79 Å². The summed E-state index contributed by atoms with van der Waals surface area (Å²) in [4.78, 5) is 11.3. The molecule has 0 aliphatic rings. The van der Waals surface area contributed by atoms with Crippen molar-refractivity contribution < 1.29 is 4.79 Å². The largest absolute Gasteiger partial charge is 0.296 e. The molecule has 4 aromatic rings. The number of carbonyl (C=O) groups is 1. The molecule has 3 nitrogen and oxygen atoms in total. The highest BCUT2D eigenvalue weighted by Gasteiger charge is 2.15. The first kappa shape index (κ1) is 13.6. The Morgan fingerprint density at radius 2 is 1.68 bits per heavy atom. The Labute approximate surface area is 136 Å². The Morgan fingerprint density at radius 1 is 1.00 bits per heavy atom. The van der Waals surface area contributed by atoms with Crippen LogP contribution in [0.4, 0.5) is 0 Å². The minimum atomic E-state index is 0.443. The predicted octanol–water partition coefficient (Wildman–Crippen LogP) is 5.07. The summed E-state index contributed by atoms with van der Waals surface area (Å²) in [6.45, 7) is 1.90. The van der Waals surface area contributed by atoms with Crippen molar-refractivity contribution >= 4 is 56.7 Å². The van der Waals surface area contributed by atoms with Gasteiger partial charge in [0, 0.05) is 26.4 Å². The van der Waals surface area contributed by atoms with Crippen LogP contribution in [0.2, 0.25) is 10.0 Å². The molecule has 108 valence electrons. The monoisotopic (exact) mass is 328 g/mol. The van der Waals surface area contributed by atoms with Gasteiger partial charge in [0.25, 0.3) is 0 Å². The number of hydrogen-bond acceptors (Lipinski definition) is 2. The molecule has 2 heterocycles. The molecule has 0 saturated carbocycles. The van der Waals surface area contributed by atoms with Crippen molar-refractivity contribution in [1.82, 2.24) is 9.61 Å². The summed E-state index contributed by atoms with van der Waals surface area (Å²) in [5, 5.41) is 8.69. The van der Waals surface area contributed by atoms with Gasteiger partial charge in [-0.15, -0.1) is 0 Å². The van der Waals surface area contributed by atoms with Gasteiger partial charge in [0.15, 0.2) is 6.29 Å². The van der Waals surface area contributed by atoms with Gasteiger partial charge >= 0.3 is 0 Å². The molecule has 0 bridgehead atoms. The molecule has 0 unspecified atom stereocenters. The van der Waals surface area contributed by atoms with Gasteiger partial charge in [0.1, 0.15) is 5.69 Å². The quantitative estimate of drug-likeness (QED) is 0.361. The van der Waals surface area contributed by atoms with Crippen LogP contribution in [0.1, 0.15) is 16.1 Å². The van der Waals surface area contributed by atoms with Crippen molar-refractivity contribution in [1.29, 1.82) is 0 Å². The summed E-state index contributed by atoms with van der Waals surface area (Å²) in [6, 6.07) is 11.3. The number of rotatable bonds is 1. The molecule has 0 aliphatic heterocycles. The zero-order valence-electron chi connectivity index (χ0n) is 11.6. The molecule has 2 aromatic carbocycles. The van der Waals surface area contributed by atoms with Gasteiger partial charge in [-0.3, -0.25) is 4.79 Å². The number of nitrogens with zero attached hydrogens (tertiary/aromatic N) is 2. The number of pyridine rings is 1. The smallest absolute Gasteiger partial charge is 0.170 e. The van der Waals surface area contributed by atoms with E-state index in [4.69, 9.17) is 23.2 Å². The van der Waals surface area contributed by atoms with Crippen molar-refractivity contribution in [2.45, 2.75) is 6.92 Å². The Hall–Kier alpha value is -2.10. The van der Waals surface area contributed by atoms with Crippen LogP contribution in [-0.4, -0.2) is 15.9 Å². The van der Waals surface area contributed by atoms with E-state index in [1.165, 1.54) is 0 Å². The molecule has 0 atom stereocenters. The maximum Gasteiger partial charge on any atom is 0.170 e. The van der Waals surface area contributed by atoms with Crippen LogP contribution >= 0.6 is 23.2 Å². The number of hydrogen-bond donors (Lipinski definition) is 0. The second kappa shape index (κ2) is 4.70. The zero-order chi connectivity index (χ0) is 15.4. The number of carbonyl (C=O) groups excluding carboxylic acids is 1. The van der Waals surface area contributed by atoms with E-state index in [2.05, 4.69) is 5.10 Å². The molecule has 0 fully saturated rings. The fraction of sp³-hybridized carbons (Fsp3) is 0.0588. The van der Waals surface area contributed by atoms with Crippen LogP contribution in [0.25, 0.3) is 27.2 Å². The van der Waals surface area contributed by atoms with Crippen LogP contribution in [0, 0.1) is 6.92 Å². The second-order valence-electron chi connectivity index (χ2n) is 5.24. The van der Waals surface area contributed by atoms with Gasteiger partial charge in [0.05, 0.1) is 11.0 Å². The van der Waals surface area contributed by atoms with Crippen molar-refractivity contribution in [3.8, 4) is 0 Å². The lowest BCUT2D eigenvalue weighted by atomic mass is 10.0. The molecule has 0 amide bonds. The van der Waals surface area contributed by atoms with E-state index in [0.29, 0.717) is 15.7 Å². The second-order valence-corrected chi connectivity index (χ2v) is 6.11. The lowest BCUT2D eigenvalue weighted by Crippen LogP contribution is -1.93. The van der Waals surface area contributed by atoms with E-state index in [1.54, 1.807) is 4.52 Å². The molecule has 0 radical (unpaired) electrons. The summed E-state index contributed by atoms with van der Waals surface area (Å²) in [6.07, 6.45) is 0.784. The Bertz CT molecular complexity index is 1080. The maximum atomic E-state index is 11.3. The molecular weight excluding hydrogens is 319 g/mol. The molecule has 0 N–H and O–H groups in total. The molecule has 0 spiro atoms. The predicted molar refractivity (Wildman–Crippen MR) is 90.3 cm³/mol. The third-order valence-electron chi connectivity index (χ3n) is 3.98. The number of aromatic nitrogens is 2. The molecule has 22 heavy (non-hydrogen) atoms. The summed E-state index contributed by atoms with van der Waals surface area (Å²) < 4.78 is 1.81. The number of benzene rings is 2. The SMILES string of the molecule is Cc1c(C=O)nn2c3ccc(Cl)cc3c3cc(Cl)ccc3c12. The molecule has 0 saturated heterocycles. The normalized spacial score (nSPS) is 11.6. The van der Waals surface area contributed by atoms with E-state index in [1.807, 2.05) is 43.3 Å². The number of aldehydes is 1. The average Bonchev–Trinajstić information content (AvgIpc) is 2.84. The highest BCUT2D eigenvalue weighted by Crippen LogP contribution is 2.34. The Balaban J connectivity index is 2.40. The van der Waals surface area contributed by atoms with Gasteiger partial charge < -0.3 is 0 Å². The van der Waals surface area contributed by atoms with Crippen molar-refractivity contribution in [2.75, 3.05) is 0 Å². The molecule has 2 aromatic heterocycles. The van der Waals surface area contributed by atoms with Crippen LogP contribution in [0.15, 0.2) is 36.4 Å². The van der Waals surface area contributed by atoms with Gasteiger partial charge in [0.2, 0.25) is 0 Å². The number of fused-ring (bicyclic) bond motifs is 6. The van der Waals surface area contributed by atoms with Gasteiger partial charge in [-0.05, 0) is 42.6 Å².